The summed E-state index contributed by atoms with van der Waals surface area (Å²) in [6.45, 7) is 3.91. The molecule has 0 spiro atoms. The largest absolute Gasteiger partial charge is 0.351 e. The number of nitrogens with zero attached hydrogens (tertiary/aromatic N) is 3. The van der Waals surface area contributed by atoms with Gasteiger partial charge in [0.25, 0.3) is 5.91 Å². The standard InChI is InChI=1S/C21H20N4O/c22-14-16-4-3-5-17(12-16)15-24-8-10-25(11-9-24)21(26)20-13-18-6-1-2-7-19(18)23-20/h1-7,12-13,23H,8-11,15H2. The summed E-state index contributed by atoms with van der Waals surface area (Å²) in [5, 5.41) is 10.1. The third-order valence-electron chi connectivity index (χ3n) is 4.88. The van der Waals surface area contributed by atoms with Crippen LogP contribution < -0.4 is 0 Å². The number of aromatic amines is 1. The first-order chi connectivity index (χ1) is 12.7. The first-order valence-electron chi connectivity index (χ1n) is 8.81. The number of nitriles is 1. The summed E-state index contributed by atoms with van der Waals surface area (Å²) in [6.07, 6.45) is 0. The summed E-state index contributed by atoms with van der Waals surface area (Å²) in [7, 11) is 0. The molecule has 5 heteroatoms. The number of fused-ring (bicyclic) bond motifs is 1. The molecule has 1 aliphatic rings. The third-order valence-corrected chi connectivity index (χ3v) is 4.88. The van der Waals surface area contributed by atoms with Crippen LogP contribution >= 0.6 is 0 Å². The van der Waals surface area contributed by atoms with Gasteiger partial charge >= 0.3 is 0 Å². The number of carbonyl (C=O) groups is 1. The van der Waals surface area contributed by atoms with Gasteiger partial charge in [0.1, 0.15) is 5.69 Å². The number of rotatable bonds is 3. The van der Waals surface area contributed by atoms with Gasteiger partial charge in [-0.25, -0.2) is 0 Å². The highest BCUT2D eigenvalue weighted by Gasteiger charge is 2.23. The number of amides is 1. The molecule has 4 rings (SSSR count). The zero-order valence-corrected chi connectivity index (χ0v) is 14.5. The van der Waals surface area contributed by atoms with Crippen LogP contribution in [0.5, 0.6) is 0 Å². The Morgan fingerprint density at radius 2 is 1.85 bits per heavy atom. The molecule has 1 fully saturated rings. The molecule has 1 aromatic heterocycles. The molecule has 2 aromatic carbocycles. The minimum Gasteiger partial charge on any atom is -0.351 e. The summed E-state index contributed by atoms with van der Waals surface area (Å²) in [4.78, 5) is 20.2. The van der Waals surface area contributed by atoms with Gasteiger partial charge in [0.05, 0.1) is 11.6 Å². The van der Waals surface area contributed by atoms with Gasteiger partial charge < -0.3 is 9.88 Å². The highest BCUT2D eigenvalue weighted by atomic mass is 16.2. The first kappa shape index (κ1) is 16.4. The maximum absolute atomic E-state index is 12.8. The first-order valence-corrected chi connectivity index (χ1v) is 8.81. The fraction of sp³-hybridized carbons (Fsp3) is 0.238. The second kappa shape index (κ2) is 7.03. The average molecular weight is 344 g/mol. The van der Waals surface area contributed by atoms with Crippen molar-refractivity contribution in [3.8, 4) is 6.07 Å². The molecule has 0 aliphatic carbocycles. The van der Waals surface area contributed by atoms with E-state index >= 15 is 0 Å². The summed E-state index contributed by atoms with van der Waals surface area (Å²) >= 11 is 0. The van der Waals surface area contributed by atoms with Crippen LogP contribution in [0.3, 0.4) is 0 Å². The lowest BCUT2D eigenvalue weighted by Gasteiger charge is -2.34. The zero-order valence-electron chi connectivity index (χ0n) is 14.5. The highest BCUT2D eigenvalue weighted by molar-refractivity contribution is 5.98. The molecule has 0 radical (unpaired) electrons. The molecule has 0 bridgehead atoms. The van der Waals surface area contributed by atoms with Crippen molar-refractivity contribution in [1.82, 2.24) is 14.8 Å². The van der Waals surface area contributed by atoms with Crippen molar-refractivity contribution < 1.29 is 4.79 Å². The number of aromatic nitrogens is 1. The van der Waals surface area contributed by atoms with Crippen molar-refractivity contribution >= 4 is 16.8 Å². The molecule has 1 aliphatic heterocycles. The SMILES string of the molecule is N#Cc1cccc(CN2CCN(C(=O)c3cc4ccccc4[nH]3)CC2)c1. The second-order valence-corrected chi connectivity index (χ2v) is 6.65. The summed E-state index contributed by atoms with van der Waals surface area (Å²) in [5.41, 5.74) is 3.47. The Hall–Kier alpha value is -3.10. The molecular weight excluding hydrogens is 324 g/mol. The van der Waals surface area contributed by atoms with Crippen LogP contribution in [-0.2, 0) is 6.54 Å². The van der Waals surface area contributed by atoms with Gasteiger partial charge in [-0.1, -0.05) is 30.3 Å². The number of piperazine rings is 1. The molecule has 1 N–H and O–H groups in total. The van der Waals surface area contributed by atoms with Crippen LogP contribution in [-0.4, -0.2) is 46.9 Å². The molecule has 2 heterocycles. The van der Waals surface area contributed by atoms with E-state index < -0.39 is 0 Å². The smallest absolute Gasteiger partial charge is 0.270 e. The molecule has 1 amide bonds. The fourth-order valence-corrected chi connectivity index (χ4v) is 3.47. The van der Waals surface area contributed by atoms with Gasteiger partial charge in [0, 0.05) is 43.6 Å². The van der Waals surface area contributed by atoms with E-state index in [0.717, 1.165) is 36.1 Å². The molecule has 0 atom stereocenters. The van der Waals surface area contributed by atoms with Crippen LogP contribution in [0.4, 0.5) is 0 Å². The van der Waals surface area contributed by atoms with E-state index in [1.807, 2.05) is 59.5 Å². The van der Waals surface area contributed by atoms with Gasteiger partial charge in [-0.3, -0.25) is 9.69 Å². The molecule has 5 nitrogen and oxygen atoms in total. The maximum Gasteiger partial charge on any atom is 0.270 e. The van der Waals surface area contributed by atoms with E-state index in [9.17, 15) is 4.79 Å². The summed E-state index contributed by atoms with van der Waals surface area (Å²) < 4.78 is 0. The summed E-state index contributed by atoms with van der Waals surface area (Å²) in [6, 6.07) is 19.8. The van der Waals surface area contributed by atoms with Crippen molar-refractivity contribution in [3.05, 3.63) is 71.4 Å². The third kappa shape index (κ3) is 3.32. The van der Waals surface area contributed by atoms with Gasteiger partial charge in [0.15, 0.2) is 0 Å². The van der Waals surface area contributed by atoms with Gasteiger partial charge in [-0.05, 0) is 29.8 Å². The van der Waals surface area contributed by atoms with E-state index in [1.54, 1.807) is 0 Å². The Morgan fingerprint density at radius 3 is 2.62 bits per heavy atom. The topological polar surface area (TPSA) is 63.1 Å². The lowest BCUT2D eigenvalue weighted by Crippen LogP contribution is -2.48. The number of benzene rings is 2. The van der Waals surface area contributed by atoms with Crippen molar-refractivity contribution in [1.29, 1.82) is 5.26 Å². The molecule has 0 saturated carbocycles. The quantitative estimate of drug-likeness (QED) is 0.794. The number of nitrogens with one attached hydrogen (secondary N) is 1. The van der Waals surface area contributed by atoms with Crippen LogP contribution in [0.1, 0.15) is 21.6 Å². The molecular formula is C21H20N4O. The Kier molecular flexibility index (Phi) is 4.42. The van der Waals surface area contributed by atoms with Gasteiger partial charge in [0.2, 0.25) is 0 Å². The van der Waals surface area contributed by atoms with Crippen LogP contribution in [0, 0.1) is 11.3 Å². The van der Waals surface area contributed by atoms with E-state index in [0.29, 0.717) is 24.3 Å². The van der Waals surface area contributed by atoms with Gasteiger partial charge in [-0.15, -0.1) is 0 Å². The Balaban J connectivity index is 1.38. The maximum atomic E-state index is 12.8. The highest BCUT2D eigenvalue weighted by Crippen LogP contribution is 2.17. The number of hydrogen-bond acceptors (Lipinski definition) is 3. The molecule has 3 aromatic rings. The Labute approximate surface area is 152 Å². The Bertz CT molecular complexity index is 944. The van der Waals surface area contributed by atoms with Crippen LogP contribution in [0.15, 0.2) is 54.6 Å². The number of para-hydroxylation sites is 1. The average Bonchev–Trinajstić information content (AvgIpc) is 3.12. The fourth-order valence-electron chi connectivity index (χ4n) is 3.47. The lowest BCUT2D eigenvalue weighted by molar-refractivity contribution is 0.0623. The molecule has 26 heavy (non-hydrogen) atoms. The van der Waals surface area contributed by atoms with Crippen molar-refractivity contribution in [2.24, 2.45) is 0 Å². The molecule has 130 valence electrons. The number of hydrogen-bond donors (Lipinski definition) is 1. The second-order valence-electron chi connectivity index (χ2n) is 6.65. The van der Waals surface area contributed by atoms with E-state index in [2.05, 4.69) is 16.0 Å². The minimum atomic E-state index is 0.0623. The predicted molar refractivity (Wildman–Crippen MR) is 101 cm³/mol. The van der Waals surface area contributed by atoms with Crippen LogP contribution in [0.2, 0.25) is 0 Å². The predicted octanol–water partition coefficient (Wildman–Crippen LogP) is 3.00. The molecule has 0 unspecified atom stereocenters. The van der Waals surface area contributed by atoms with Gasteiger partial charge in [-0.2, -0.15) is 5.26 Å². The van der Waals surface area contributed by atoms with E-state index in [-0.39, 0.29) is 5.91 Å². The number of H-pyrrole nitrogens is 1. The van der Waals surface area contributed by atoms with Crippen LogP contribution in [0.25, 0.3) is 10.9 Å². The van der Waals surface area contributed by atoms with E-state index in [1.165, 1.54) is 0 Å². The normalized spacial score (nSPS) is 15.1. The Morgan fingerprint density at radius 1 is 1.04 bits per heavy atom. The summed E-state index contributed by atoms with van der Waals surface area (Å²) in [5.74, 6) is 0.0623. The van der Waals surface area contributed by atoms with Crippen molar-refractivity contribution in [3.63, 3.8) is 0 Å². The van der Waals surface area contributed by atoms with Crippen molar-refractivity contribution in [2.75, 3.05) is 26.2 Å². The monoisotopic (exact) mass is 344 g/mol. The van der Waals surface area contributed by atoms with E-state index in [4.69, 9.17) is 5.26 Å². The lowest BCUT2D eigenvalue weighted by atomic mass is 10.1. The number of carbonyl (C=O) groups excluding carboxylic acids is 1. The van der Waals surface area contributed by atoms with Crippen molar-refractivity contribution in [2.45, 2.75) is 6.54 Å². The zero-order chi connectivity index (χ0) is 17.9. The molecule has 1 saturated heterocycles. The minimum absolute atomic E-state index is 0.0623.